The van der Waals surface area contributed by atoms with E-state index in [9.17, 15) is 9.50 Å². The lowest BCUT2D eigenvalue weighted by Crippen LogP contribution is -2.48. The van der Waals surface area contributed by atoms with Gasteiger partial charge in [-0.05, 0) is 30.7 Å². The number of morpholine rings is 1. The molecule has 0 unspecified atom stereocenters. The highest BCUT2D eigenvalue weighted by molar-refractivity contribution is 5.84. The third-order valence-electron chi connectivity index (χ3n) is 5.35. The lowest BCUT2D eigenvalue weighted by molar-refractivity contribution is -0.00618. The van der Waals surface area contributed by atoms with Crippen LogP contribution >= 0.6 is 0 Å². The zero-order chi connectivity index (χ0) is 16.7. The van der Waals surface area contributed by atoms with Crippen molar-refractivity contribution in [2.24, 2.45) is 0 Å². The number of aliphatic hydroxyl groups excluding tert-OH is 1. The van der Waals surface area contributed by atoms with Crippen molar-refractivity contribution >= 4 is 10.9 Å². The minimum atomic E-state index is -0.328. The van der Waals surface area contributed by atoms with Gasteiger partial charge < -0.3 is 14.8 Å². The summed E-state index contributed by atoms with van der Waals surface area (Å²) < 4.78 is 18.9. The summed E-state index contributed by atoms with van der Waals surface area (Å²) in [5.74, 6) is -0.208. The number of aromatic nitrogens is 1. The number of fused-ring (bicyclic) bond motifs is 1. The topological polar surface area (TPSA) is 51.7 Å². The Bertz CT molecular complexity index is 726. The zero-order valence-corrected chi connectivity index (χ0v) is 14.0. The minimum Gasteiger partial charge on any atom is -0.390 e. The number of benzene rings is 1. The van der Waals surface area contributed by atoms with Crippen LogP contribution < -0.4 is 0 Å². The summed E-state index contributed by atoms with van der Waals surface area (Å²) in [6.07, 6.45) is -0.328. The number of likely N-dealkylation sites (tertiary alicyclic amines) is 1. The van der Waals surface area contributed by atoms with Crippen LogP contribution in [0.15, 0.2) is 18.2 Å². The monoisotopic (exact) mass is 333 g/mol. The fourth-order valence-corrected chi connectivity index (χ4v) is 3.98. The van der Waals surface area contributed by atoms with E-state index in [1.54, 1.807) is 12.1 Å². The van der Waals surface area contributed by atoms with Gasteiger partial charge in [-0.15, -0.1) is 0 Å². The van der Waals surface area contributed by atoms with E-state index in [1.807, 2.05) is 6.92 Å². The Morgan fingerprint density at radius 1 is 1.29 bits per heavy atom. The van der Waals surface area contributed by atoms with Gasteiger partial charge in [-0.3, -0.25) is 9.80 Å². The molecule has 0 radical (unpaired) electrons. The molecule has 2 aromatic rings. The predicted molar refractivity (Wildman–Crippen MR) is 90.5 cm³/mol. The quantitative estimate of drug-likeness (QED) is 0.894. The third-order valence-corrected chi connectivity index (χ3v) is 5.35. The summed E-state index contributed by atoms with van der Waals surface area (Å²) in [7, 11) is 0. The summed E-state index contributed by atoms with van der Waals surface area (Å²) in [4.78, 5) is 8.02. The van der Waals surface area contributed by atoms with Crippen molar-refractivity contribution in [1.82, 2.24) is 14.8 Å². The van der Waals surface area contributed by atoms with Crippen LogP contribution in [-0.4, -0.2) is 71.4 Å². The number of ether oxygens (including phenoxy) is 1. The van der Waals surface area contributed by atoms with Crippen molar-refractivity contribution in [2.45, 2.75) is 25.6 Å². The number of aliphatic hydroxyl groups is 1. The first-order valence-corrected chi connectivity index (χ1v) is 8.61. The van der Waals surface area contributed by atoms with Gasteiger partial charge in [-0.1, -0.05) is 0 Å². The number of hydrogen-bond acceptors (Lipinski definition) is 4. The highest BCUT2D eigenvalue weighted by Crippen LogP contribution is 2.26. The van der Waals surface area contributed by atoms with Gasteiger partial charge >= 0.3 is 0 Å². The Morgan fingerprint density at radius 3 is 2.88 bits per heavy atom. The standard InChI is InChI=1S/C18H24FN3O2/c1-12-14-8-13(19)2-3-15(14)20-16(12)9-21-10-17(18(23)11-21)22-4-6-24-7-5-22/h2-3,8,17-18,20,23H,4-7,9-11H2,1H3/t17-,18-/m0/s1. The van der Waals surface area contributed by atoms with Crippen molar-refractivity contribution in [3.8, 4) is 0 Å². The molecule has 0 aliphatic carbocycles. The number of β-amino-alcohol motifs (C(OH)–C–C–N with tert-alkyl or cyclic N) is 1. The number of aryl methyl sites for hydroxylation is 1. The number of aromatic amines is 1. The summed E-state index contributed by atoms with van der Waals surface area (Å²) in [6, 6.07) is 5.03. The molecule has 1 aromatic carbocycles. The first-order chi connectivity index (χ1) is 11.6. The molecule has 130 valence electrons. The fraction of sp³-hybridized carbons (Fsp3) is 0.556. The van der Waals surface area contributed by atoms with Crippen LogP contribution in [0.2, 0.25) is 0 Å². The Hall–Kier alpha value is -1.47. The molecular weight excluding hydrogens is 309 g/mol. The first kappa shape index (κ1) is 16.0. The van der Waals surface area contributed by atoms with Crippen LogP contribution in [0.5, 0.6) is 0 Å². The summed E-state index contributed by atoms with van der Waals surface area (Å²) in [5.41, 5.74) is 3.16. The molecule has 3 heterocycles. The van der Waals surface area contributed by atoms with Gasteiger partial charge in [0.05, 0.1) is 19.3 Å². The highest BCUT2D eigenvalue weighted by atomic mass is 19.1. The third kappa shape index (κ3) is 2.95. The van der Waals surface area contributed by atoms with Crippen LogP contribution in [-0.2, 0) is 11.3 Å². The molecule has 2 saturated heterocycles. The van der Waals surface area contributed by atoms with Crippen LogP contribution in [0.4, 0.5) is 4.39 Å². The second-order valence-electron chi connectivity index (χ2n) is 6.90. The molecule has 6 heteroatoms. The van der Waals surface area contributed by atoms with E-state index < -0.39 is 0 Å². The normalized spacial score (nSPS) is 26.5. The molecular formula is C18H24FN3O2. The maximum absolute atomic E-state index is 13.5. The molecule has 5 nitrogen and oxygen atoms in total. The second-order valence-corrected chi connectivity index (χ2v) is 6.90. The van der Waals surface area contributed by atoms with E-state index in [4.69, 9.17) is 4.74 Å². The van der Waals surface area contributed by atoms with Gasteiger partial charge in [-0.2, -0.15) is 0 Å². The molecule has 24 heavy (non-hydrogen) atoms. The Labute approximate surface area is 141 Å². The van der Waals surface area contributed by atoms with Crippen molar-refractivity contribution in [3.63, 3.8) is 0 Å². The van der Waals surface area contributed by atoms with Crippen LogP contribution in [0.1, 0.15) is 11.3 Å². The number of hydrogen-bond donors (Lipinski definition) is 2. The van der Waals surface area contributed by atoms with Crippen molar-refractivity contribution in [1.29, 1.82) is 0 Å². The smallest absolute Gasteiger partial charge is 0.123 e. The second kappa shape index (κ2) is 6.44. The minimum absolute atomic E-state index is 0.177. The van der Waals surface area contributed by atoms with Gasteiger partial charge in [0.15, 0.2) is 0 Å². The van der Waals surface area contributed by atoms with Gasteiger partial charge in [0, 0.05) is 55.4 Å². The van der Waals surface area contributed by atoms with E-state index in [0.717, 1.165) is 61.6 Å². The Kier molecular flexibility index (Phi) is 4.30. The maximum Gasteiger partial charge on any atom is 0.123 e. The fourth-order valence-electron chi connectivity index (χ4n) is 3.98. The van der Waals surface area contributed by atoms with Crippen molar-refractivity contribution in [2.75, 3.05) is 39.4 Å². The van der Waals surface area contributed by atoms with Crippen molar-refractivity contribution in [3.05, 3.63) is 35.3 Å². The van der Waals surface area contributed by atoms with E-state index in [0.29, 0.717) is 6.54 Å². The largest absolute Gasteiger partial charge is 0.390 e. The molecule has 2 fully saturated rings. The predicted octanol–water partition coefficient (Wildman–Crippen LogP) is 1.49. The van der Waals surface area contributed by atoms with E-state index in [2.05, 4.69) is 14.8 Å². The molecule has 0 saturated carbocycles. The number of nitrogens with zero attached hydrogens (tertiary/aromatic N) is 2. The van der Waals surface area contributed by atoms with E-state index in [-0.39, 0.29) is 18.0 Å². The zero-order valence-electron chi connectivity index (χ0n) is 14.0. The lowest BCUT2D eigenvalue weighted by Gasteiger charge is -2.33. The van der Waals surface area contributed by atoms with E-state index >= 15 is 0 Å². The number of halogens is 1. The average Bonchev–Trinajstić information content (AvgIpc) is 3.10. The molecule has 2 N–H and O–H groups in total. The first-order valence-electron chi connectivity index (χ1n) is 8.61. The number of rotatable bonds is 3. The Morgan fingerprint density at radius 2 is 2.08 bits per heavy atom. The van der Waals surface area contributed by atoms with Gasteiger partial charge in [0.1, 0.15) is 5.82 Å². The van der Waals surface area contributed by atoms with Crippen molar-refractivity contribution < 1.29 is 14.2 Å². The SMILES string of the molecule is Cc1c(CN2C[C@H](O)[C@@H](N3CCOCC3)C2)[nH]c2ccc(F)cc12. The van der Waals surface area contributed by atoms with Crippen LogP contribution in [0.25, 0.3) is 10.9 Å². The van der Waals surface area contributed by atoms with Crippen LogP contribution in [0.3, 0.4) is 0 Å². The molecule has 1 aromatic heterocycles. The van der Waals surface area contributed by atoms with Gasteiger partial charge in [-0.25, -0.2) is 4.39 Å². The average molecular weight is 333 g/mol. The van der Waals surface area contributed by atoms with Gasteiger partial charge in [0.25, 0.3) is 0 Å². The lowest BCUT2D eigenvalue weighted by atomic mass is 10.1. The summed E-state index contributed by atoms with van der Waals surface area (Å²) in [5, 5.41) is 11.4. The van der Waals surface area contributed by atoms with Gasteiger partial charge in [0.2, 0.25) is 0 Å². The summed E-state index contributed by atoms with van der Waals surface area (Å²) in [6.45, 7) is 7.57. The molecule has 2 aliphatic rings. The molecule has 0 spiro atoms. The van der Waals surface area contributed by atoms with Crippen LogP contribution in [0, 0.1) is 12.7 Å². The van der Waals surface area contributed by atoms with E-state index in [1.165, 1.54) is 6.07 Å². The maximum atomic E-state index is 13.5. The molecule has 0 bridgehead atoms. The molecule has 2 aliphatic heterocycles. The highest BCUT2D eigenvalue weighted by Gasteiger charge is 2.36. The number of nitrogens with one attached hydrogen (secondary N) is 1. The molecule has 4 rings (SSSR count). The summed E-state index contributed by atoms with van der Waals surface area (Å²) >= 11 is 0. The molecule has 0 amide bonds. The Balaban J connectivity index is 1.49. The molecule has 2 atom stereocenters. The number of H-pyrrole nitrogens is 1.